The van der Waals surface area contributed by atoms with Gasteiger partial charge in [-0.2, -0.15) is 0 Å². The average Bonchev–Trinajstić information content (AvgIpc) is 3.17. The molecule has 2 aromatic heterocycles. The Hall–Kier alpha value is -3.58. The lowest BCUT2D eigenvalue weighted by Crippen LogP contribution is -2.20. The van der Waals surface area contributed by atoms with Crippen LogP contribution in [0.4, 0.5) is 5.13 Å². The van der Waals surface area contributed by atoms with Gasteiger partial charge in [0.1, 0.15) is 16.2 Å². The first-order chi connectivity index (χ1) is 13.7. The number of carbonyl (C=O) groups excluding carboxylic acids is 1. The molecule has 2 aromatic carbocycles. The monoisotopic (exact) mass is 389 g/mol. The van der Waals surface area contributed by atoms with Crippen molar-refractivity contribution < 1.29 is 9.21 Å². The summed E-state index contributed by atoms with van der Waals surface area (Å²) in [5.74, 6) is -0.583. The number of nitrogens with one attached hydrogen (secondary N) is 1. The van der Waals surface area contributed by atoms with Crippen molar-refractivity contribution in [2.24, 2.45) is 0 Å². The first-order valence-corrected chi connectivity index (χ1v) is 9.34. The number of hydrogen-bond donors (Lipinski definition) is 1. The lowest BCUT2D eigenvalue weighted by atomic mass is 10.1. The highest BCUT2D eigenvalue weighted by molar-refractivity contribution is 7.18. The SMILES string of the molecule is C=CCc1cccc2cc(C(=O)Nc3nnc(-c4ccccc4)s3)c(=O)oc12. The van der Waals surface area contributed by atoms with Gasteiger partial charge in [0.05, 0.1) is 0 Å². The number of carbonyl (C=O) groups is 1. The fourth-order valence-corrected chi connectivity index (χ4v) is 3.56. The molecule has 1 N–H and O–H groups in total. The first-order valence-electron chi connectivity index (χ1n) is 8.52. The zero-order valence-electron chi connectivity index (χ0n) is 14.7. The van der Waals surface area contributed by atoms with Crippen LogP contribution < -0.4 is 10.9 Å². The van der Waals surface area contributed by atoms with E-state index in [-0.39, 0.29) is 5.56 Å². The van der Waals surface area contributed by atoms with Gasteiger partial charge in [0.15, 0.2) is 0 Å². The molecule has 28 heavy (non-hydrogen) atoms. The molecule has 138 valence electrons. The molecule has 0 saturated heterocycles. The van der Waals surface area contributed by atoms with Gasteiger partial charge in [0.2, 0.25) is 5.13 Å². The molecule has 0 aliphatic heterocycles. The van der Waals surface area contributed by atoms with Crippen LogP contribution in [0.1, 0.15) is 15.9 Å². The molecular weight excluding hydrogens is 374 g/mol. The minimum atomic E-state index is -0.700. The summed E-state index contributed by atoms with van der Waals surface area (Å²) in [4.78, 5) is 24.9. The molecule has 0 saturated carbocycles. The summed E-state index contributed by atoms with van der Waals surface area (Å²) in [6, 6.07) is 16.6. The fraction of sp³-hybridized carbons (Fsp3) is 0.0476. The minimum Gasteiger partial charge on any atom is -0.422 e. The van der Waals surface area contributed by atoms with Crippen LogP contribution in [0.25, 0.3) is 21.5 Å². The van der Waals surface area contributed by atoms with Crippen molar-refractivity contribution in [1.29, 1.82) is 0 Å². The molecule has 0 spiro atoms. The number of allylic oxidation sites excluding steroid dienone is 1. The Labute approximate surface area is 164 Å². The Kier molecular flexibility index (Phi) is 4.82. The number of anilines is 1. The molecule has 0 bridgehead atoms. The lowest BCUT2D eigenvalue weighted by molar-refractivity contribution is 0.102. The van der Waals surface area contributed by atoms with E-state index in [9.17, 15) is 9.59 Å². The van der Waals surface area contributed by atoms with Crippen LogP contribution in [-0.4, -0.2) is 16.1 Å². The third-order valence-electron chi connectivity index (χ3n) is 4.12. The van der Waals surface area contributed by atoms with Crippen LogP contribution >= 0.6 is 11.3 Å². The normalized spacial score (nSPS) is 10.7. The standard InChI is InChI=1S/C21H15N3O3S/c1-2-7-13-10-6-11-15-12-16(20(26)27-17(13)15)18(25)22-21-24-23-19(28-21)14-8-4-3-5-9-14/h2-6,8-12H,1,7H2,(H,22,24,25). The molecule has 0 unspecified atom stereocenters. The Balaban J connectivity index is 1.63. The summed E-state index contributed by atoms with van der Waals surface area (Å²) in [5.41, 5.74) is 1.42. The number of aromatic nitrogens is 2. The third kappa shape index (κ3) is 3.47. The highest BCUT2D eigenvalue weighted by Gasteiger charge is 2.17. The number of fused-ring (bicyclic) bond motifs is 1. The van der Waals surface area contributed by atoms with E-state index in [4.69, 9.17) is 4.42 Å². The van der Waals surface area contributed by atoms with Crippen LogP contribution in [0, 0.1) is 0 Å². The summed E-state index contributed by atoms with van der Waals surface area (Å²) in [5, 5.41) is 12.3. The van der Waals surface area contributed by atoms with E-state index in [1.54, 1.807) is 12.1 Å². The highest BCUT2D eigenvalue weighted by atomic mass is 32.1. The number of benzene rings is 2. The first kappa shape index (κ1) is 17.8. The smallest absolute Gasteiger partial charge is 0.349 e. The number of amides is 1. The van der Waals surface area contributed by atoms with E-state index in [1.165, 1.54) is 17.4 Å². The second kappa shape index (κ2) is 7.58. The van der Waals surface area contributed by atoms with Crippen LogP contribution in [0.5, 0.6) is 0 Å². The van der Waals surface area contributed by atoms with Gasteiger partial charge in [-0.05, 0) is 18.1 Å². The minimum absolute atomic E-state index is 0.0836. The van der Waals surface area contributed by atoms with Crippen molar-refractivity contribution in [3.63, 3.8) is 0 Å². The van der Waals surface area contributed by atoms with Crippen molar-refractivity contribution >= 4 is 33.3 Å². The maximum Gasteiger partial charge on any atom is 0.349 e. The van der Waals surface area contributed by atoms with Gasteiger partial charge in [0.25, 0.3) is 5.91 Å². The highest BCUT2D eigenvalue weighted by Crippen LogP contribution is 2.26. The second-order valence-electron chi connectivity index (χ2n) is 6.01. The molecule has 0 aliphatic rings. The van der Waals surface area contributed by atoms with E-state index in [1.807, 2.05) is 42.5 Å². The maximum atomic E-state index is 12.6. The largest absolute Gasteiger partial charge is 0.422 e. The summed E-state index contributed by atoms with van der Waals surface area (Å²) in [6.45, 7) is 3.71. The number of nitrogens with zero attached hydrogens (tertiary/aromatic N) is 2. The lowest BCUT2D eigenvalue weighted by Gasteiger charge is -2.05. The van der Waals surface area contributed by atoms with E-state index < -0.39 is 11.5 Å². The maximum absolute atomic E-state index is 12.6. The molecule has 4 rings (SSSR count). The van der Waals surface area contributed by atoms with Gasteiger partial charge in [-0.25, -0.2) is 4.79 Å². The van der Waals surface area contributed by atoms with Gasteiger partial charge in [-0.3, -0.25) is 10.1 Å². The molecule has 0 radical (unpaired) electrons. The van der Waals surface area contributed by atoms with E-state index >= 15 is 0 Å². The Morgan fingerprint density at radius 2 is 1.96 bits per heavy atom. The Bertz CT molecular complexity index is 1230. The van der Waals surface area contributed by atoms with E-state index in [0.29, 0.717) is 27.5 Å². The molecule has 7 heteroatoms. The molecule has 2 heterocycles. The Morgan fingerprint density at radius 1 is 1.14 bits per heavy atom. The topological polar surface area (TPSA) is 85.1 Å². The Morgan fingerprint density at radius 3 is 2.75 bits per heavy atom. The molecule has 4 aromatic rings. The van der Waals surface area contributed by atoms with Crippen molar-refractivity contribution in [2.75, 3.05) is 5.32 Å². The number of rotatable bonds is 5. The van der Waals surface area contributed by atoms with Gasteiger partial charge in [0, 0.05) is 10.9 Å². The van der Waals surface area contributed by atoms with Gasteiger partial charge in [-0.15, -0.1) is 16.8 Å². The van der Waals surface area contributed by atoms with Gasteiger partial charge >= 0.3 is 5.63 Å². The van der Waals surface area contributed by atoms with Crippen molar-refractivity contribution in [2.45, 2.75) is 6.42 Å². The zero-order chi connectivity index (χ0) is 19.5. The molecule has 0 atom stereocenters. The van der Waals surface area contributed by atoms with Crippen molar-refractivity contribution in [3.8, 4) is 10.6 Å². The predicted octanol–water partition coefficient (Wildman–Crippen LogP) is 4.29. The number of hydrogen-bond acceptors (Lipinski definition) is 6. The quantitative estimate of drug-likeness (QED) is 0.406. The third-order valence-corrected chi connectivity index (χ3v) is 5.00. The van der Waals surface area contributed by atoms with Crippen LogP contribution in [0.3, 0.4) is 0 Å². The van der Waals surface area contributed by atoms with Crippen LogP contribution in [-0.2, 0) is 6.42 Å². The summed E-state index contributed by atoms with van der Waals surface area (Å²) in [6.07, 6.45) is 2.30. The molecule has 6 nitrogen and oxygen atoms in total. The predicted molar refractivity (Wildman–Crippen MR) is 110 cm³/mol. The van der Waals surface area contributed by atoms with Crippen molar-refractivity contribution in [1.82, 2.24) is 10.2 Å². The number of para-hydroxylation sites is 1. The van der Waals surface area contributed by atoms with Crippen LogP contribution in [0.2, 0.25) is 0 Å². The van der Waals surface area contributed by atoms with E-state index in [2.05, 4.69) is 22.1 Å². The molecule has 0 aliphatic carbocycles. The zero-order valence-corrected chi connectivity index (χ0v) is 15.5. The average molecular weight is 389 g/mol. The van der Waals surface area contributed by atoms with Crippen molar-refractivity contribution in [3.05, 3.63) is 88.8 Å². The fourth-order valence-electron chi connectivity index (χ4n) is 2.82. The second-order valence-corrected chi connectivity index (χ2v) is 6.99. The van der Waals surface area contributed by atoms with Gasteiger partial charge < -0.3 is 4.42 Å². The van der Waals surface area contributed by atoms with Crippen LogP contribution in [0.15, 0.2) is 76.5 Å². The van der Waals surface area contributed by atoms with E-state index in [0.717, 1.165) is 11.1 Å². The summed E-state index contributed by atoms with van der Waals surface area (Å²) in [7, 11) is 0. The molecule has 0 fully saturated rings. The summed E-state index contributed by atoms with van der Waals surface area (Å²) >= 11 is 1.23. The molecule has 1 amide bonds. The summed E-state index contributed by atoms with van der Waals surface area (Å²) < 4.78 is 5.41. The molecular formula is C21H15N3O3S. The van der Waals surface area contributed by atoms with Gasteiger partial charge in [-0.1, -0.05) is 65.9 Å².